The first-order chi connectivity index (χ1) is 7.68. The molecule has 0 aliphatic heterocycles. The molecule has 1 fully saturated rings. The molecule has 0 atom stereocenters. The van der Waals surface area contributed by atoms with Crippen molar-refractivity contribution in [3.8, 4) is 0 Å². The van der Waals surface area contributed by atoms with Crippen LogP contribution in [-0.2, 0) is 0 Å². The third-order valence-electron chi connectivity index (χ3n) is 3.20. The van der Waals surface area contributed by atoms with Crippen molar-refractivity contribution < 1.29 is 9.90 Å². The van der Waals surface area contributed by atoms with Gasteiger partial charge in [0.25, 0.3) is 0 Å². The van der Waals surface area contributed by atoms with Crippen LogP contribution >= 0.6 is 0 Å². The first-order valence-corrected chi connectivity index (χ1v) is 5.57. The zero-order valence-corrected chi connectivity index (χ0v) is 9.39. The van der Waals surface area contributed by atoms with E-state index in [4.69, 9.17) is 5.11 Å². The molecule has 1 N–H and O–H groups in total. The summed E-state index contributed by atoms with van der Waals surface area (Å²) in [7, 11) is 1.94. The molecule has 1 aliphatic rings. The minimum atomic E-state index is -0.913. The third kappa shape index (κ3) is 2.15. The Labute approximate surface area is 94.9 Å². The summed E-state index contributed by atoms with van der Waals surface area (Å²) in [5, 5.41) is 9.05. The van der Waals surface area contributed by atoms with Gasteiger partial charge in [0.1, 0.15) is 5.56 Å². The summed E-state index contributed by atoms with van der Waals surface area (Å²) in [6, 6.07) is 1.77. The number of carboxylic acid groups (broad SMARTS) is 1. The van der Waals surface area contributed by atoms with Crippen molar-refractivity contribution in [2.75, 3.05) is 18.5 Å². The molecule has 86 valence electrons. The van der Waals surface area contributed by atoms with Gasteiger partial charge in [-0.3, -0.25) is 4.98 Å². The Bertz CT molecular complexity index is 388. The van der Waals surface area contributed by atoms with Gasteiger partial charge in [0.15, 0.2) is 0 Å². The number of carboxylic acids is 1. The molecular formula is C12H16N2O2. The monoisotopic (exact) mass is 220 g/mol. The standard InChI is InChI=1S/C12H16N2O2/c1-14(8-9-3-2-4-9)11-5-6-13-7-10(11)12(15)16/h5-7,9H,2-4,8H2,1H3,(H,15,16). The number of nitrogens with zero attached hydrogens (tertiary/aromatic N) is 2. The Morgan fingerprint density at radius 1 is 1.62 bits per heavy atom. The van der Waals surface area contributed by atoms with Crippen molar-refractivity contribution in [3.05, 3.63) is 24.0 Å². The Kier molecular flexibility index (Phi) is 3.08. The molecule has 1 saturated carbocycles. The van der Waals surface area contributed by atoms with Crippen molar-refractivity contribution in [1.29, 1.82) is 0 Å². The molecule has 0 saturated heterocycles. The summed E-state index contributed by atoms with van der Waals surface area (Å²) in [6.45, 7) is 0.935. The molecule has 1 aliphatic carbocycles. The second-order valence-corrected chi connectivity index (χ2v) is 4.38. The molecule has 0 amide bonds. The van der Waals surface area contributed by atoms with E-state index in [-0.39, 0.29) is 5.56 Å². The molecule has 1 aromatic heterocycles. The summed E-state index contributed by atoms with van der Waals surface area (Å²) in [4.78, 5) is 16.9. The normalized spacial score (nSPS) is 15.6. The van der Waals surface area contributed by atoms with Crippen molar-refractivity contribution in [3.63, 3.8) is 0 Å². The minimum absolute atomic E-state index is 0.282. The molecule has 1 heterocycles. The van der Waals surface area contributed by atoms with Gasteiger partial charge in [0.2, 0.25) is 0 Å². The van der Waals surface area contributed by atoms with E-state index in [1.165, 1.54) is 25.5 Å². The van der Waals surface area contributed by atoms with Gasteiger partial charge in [-0.15, -0.1) is 0 Å². The van der Waals surface area contributed by atoms with Crippen LogP contribution in [-0.4, -0.2) is 29.7 Å². The van der Waals surface area contributed by atoms with E-state index in [0.717, 1.165) is 18.2 Å². The molecule has 4 nitrogen and oxygen atoms in total. The van der Waals surface area contributed by atoms with Crippen LogP contribution in [0.1, 0.15) is 29.6 Å². The second-order valence-electron chi connectivity index (χ2n) is 4.38. The smallest absolute Gasteiger partial charge is 0.339 e. The molecule has 0 unspecified atom stereocenters. The van der Waals surface area contributed by atoms with E-state index >= 15 is 0 Å². The lowest BCUT2D eigenvalue weighted by molar-refractivity contribution is 0.0697. The molecule has 0 aromatic carbocycles. The molecule has 0 radical (unpaired) electrons. The average molecular weight is 220 g/mol. The van der Waals surface area contributed by atoms with Gasteiger partial charge >= 0.3 is 5.97 Å². The fourth-order valence-electron chi connectivity index (χ4n) is 2.05. The quantitative estimate of drug-likeness (QED) is 0.843. The van der Waals surface area contributed by atoms with Crippen LogP contribution in [0.25, 0.3) is 0 Å². The Morgan fingerprint density at radius 3 is 2.94 bits per heavy atom. The van der Waals surface area contributed by atoms with Crippen LogP contribution in [0.2, 0.25) is 0 Å². The van der Waals surface area contributed by atoms with Crippen molar-refractivity contribution in [2.24, 2.45) is 5.92 Å². The topological polar surface area (TPSA) is 53.4 Å². The number of aromatic carboxylic acids is 1. The van der Waals surface area contributed by atoms with E-state index < -0.39 is 5.97 Å². The van der Waals surface area contributed by atoms with Crippen molar-refractivity contribution in [1.82, 2.24) is 4.98 Å². The lowest BCUT2D eigenvalue weighted by atomic mass is 9.85. The van der Waals surface area contributed by atoms with Gasteiger partial charge in [0, 0.05) is 26.0 Å². The number of anilines is 1. The summed E-state index contributed by atoms with van der Waals surface area (Å²) in [6.07, 6.45) is 6.88. The second kappa shape index (κ2) is 4.51. The van der Waals surface area contributed by atoms with Gasteiger partial charge in [-0.25, -0.2) is 4.79 Å². The van der Waals surface area contributed by atoms with Gasteiger partial charge < -0.3 is 10.0 Å². The van der Waals surface area contributed by atoms with Crippen LogP contribution < -0.4 is 4.90 Å². The van der Waals surface area contributed by atoms with Gasteiger partial charge in [0.05, 0.1) is 5.69 Å². The predicted molar refractivity (Wildman–Crippen MR) is 61.8 cm³/mol. The highest BCUT2D eigenvalue weighted by Gasteiger charge is 2.21. The lowest BCUT2D eigenvalue weighted by Gasteiger charge is -2.31. The first-order valence-electron chi connectivity index (χ1n) is 5.57. The van der Waals surface area contributed by atoms with Crippen molar-refractivity contribution in [2.45, 2.75) is 19.3 Å². The fourth-order valence-corrected chi connectivity index (χ4v) is 2.05. The maximum atomic E-state index is 11.0. The number of hydrogen-bond acceptors (Lipinski definition) is 3. The number of aromatic nitrogens is 1. The van der Waals surface area contributed by atoms with Crippen LogP contribution in [0.3, 0.4) is 0 Å². The SMILES string of the molecule is CN(CC1CCC1)c1ccncc1C(=O)O. The highest BCUT2D eigenvalue weighted by atomic mass is 16.4. The fraction of sp³-hybridized carbons (Fsp3) is 0.500. The molecule has 16 heavy (non-hydrogen) atoms. The summed E-state index contributed by atoms with van der Waals surface area (Å²) >= 11 is 0. The van der Waals surface area contributed by atoms with Gasteiger partial charge in [-0.2, -0.15) is 0 Å². The lowest BCUT2D eigenvalue weighted by Crippen LogP contribution is -2.30. The molecule has 1 aromatic rings. The Balaban J connectivity index is 2.14. The highest BCUT2D eigenvalue weighted by Crippen LogP contribution is 2.29. The van der Waals surface area contributed by atoms with Crippen LogP contribution in [0.15, 0.2) is 18.5 Å². The molecular weight excluding hydrogens is 204 g/mol. The molecule has 0 spiro atoms. The number of hydrogen-bond donors (Lipinski definition) is 1. The van der Waals surface area contributed by atoms with Crippen LogP contribution in [0.4, 0.5) is 5.69 Å². The van der Waals surface area contributed by atoms with Crippen molar-refractivity contribution >= 4 is 11.7 Å². The van der Waals surface area contributed by atoms with E-state index in [1.807, 2.05) is 11.9 Å². The zero-order valence-electron chi connectivity index (χ0n) is 9.39. The summed E-state index contributed by atoms with van der Waals surface area (Å²) in [5.41, 5.74) is 1.04. The summed E-state index contributed by atoms with van der Waals surface area (Å²) in [5.74, 6) is -0.191. The number of rotatable bonds is 4. The first kappa shape index (κ1) is 10.9. The largest absolute Gasteiger partial charge is 0.478 e. The molecule has 0 bridgehead atoms. The average Bonchev–Trinajstić information content (AvgIpc) is 2.23. The van der Waals surface area contributed by atoms with E-state index in [2.05, 4.69) is 4.98 Å². The van der Waals surface area contributed by atoms with Crippen LogP contribution in [0.5, 0.6) is 0 Å². The molecule has 4 heteroatoms. The van der Waals surface area contributed by atoms with E-state index in [1.54, 1.807) is 12.3 Å². The Hall–Kier alpha value is -1.58. The zero-order chi connectivity index (χ0) is 11.5. The predicted octanol–water partition coefficient (Wildman–Crippen LogP) is 2.02. The highest BCUT2D eigenvalue weighted by molar-refractivity contribution is 5.93. The number of pyridine rings is 1. The number of carbonyl (C=O) groups is 1. The van der Waals surface area contributed by atoms with Gasteiger partial charge in [-0.1, -0.05) is 6.42 Å². The molecule has 2 rings (SSSR count). The van der Waals surface area contributed by atoms with E-state index in [9.17, 15) is 4.79 Å². The third-order valence-corrected chi connectivity index (χ3v) is 3.20. The van der Waals surface area contributed by atoms with E-state index in [0.29, 0.717) is 0 Å². The maximum Gasteiger partial charge on any atom is 0.339 e. The maximum absolute atomic E-state index is 11.0. The van der Waals surface area contributed by atoms with Gasteiger partial charge in [-0.05, 0) is 24.8 Å². The minimum Gasteiger partial charge on any atom is -0.478 e. The van der Waals surface area contributed by atoms with Crippen LogP contribution in [0, 0.1) is 5.92 Å². The Morgan fingerprint density at radius 2 is 2.38 bits per heavy atom. The summed E-state index contributed by atoms with van der Waals surface area (Å²) < 4.78 is 0.